The van der Waals surface area contributed by atoms with Gasteiger partial charge in [0.2, 0.25) is 0 Å². The van der Waals surface area contributed by atoms with Crippen molar-refractivity contribution in [1.29, 1.82) is 0 Å². The Bertz CT molecular complexity index is 255. The lowest BCUT2D eigenvalue weighted by molar-refractivity contribution is 0.0490. The number of rotatable bonds is 4. The van der Waals surface area contributed by atoms with Crippen LogP contribution in [0.3, 0.4) is 0 Å². The van der Waals surface area contributed by atoms with Gasteiger partial charge in [-0.15, -0.1) is 6.58 Å². The molecule has 0 atom stereocenters. The Morgan fingerprint density at radius 1 is 1.06 bits per heavy atom. The first kappa shape index (κ1) is 14.1. The molecule has 0 amide bonds. The Hall–Kier alpha value is -0.330. The third kappa shape index (κ3) is 3.36. The highest BCUT2D eigenvalue weighted by atomic mass is 19.1. The SMILES string of the molecule is C=CC1CCC(C2CCC(F)(CCC)CC2)CC1. The van der Waals surface area contributed by atoms with Crippen LogP contribution in [0.25, 0.3) is 0 Å². The number of halogens is 1. The van der Waals surface area contributed by atoms with Gasteiger partial charge in [-0.3, -0.25) is 0 Å². The second-order valence-corrected chi connectivity index (χ2v) is 6.65. The fourth-order valence-corrected chi connectivity index (χ4v) is 4.18. The monoisotopic (exact) mass is 252 g/mol. The van der Waals surface area contributed by atoms with E-state index in [4.69, 9.17) is 0 Å². The maximum Gasteiger partial charge on any atom is 0.111 e. The zero-order valence-corrected chi connectivity index (χ0v) is 12.0. The van der Waals surface area contributed by atoms with Crippen molar-refractivity contribution in [2.24, 2.45) is 17.8 Å². The van der Waals surface area contributed by atoms with Gasteiger partial charge >= 0.3 is 0 Å². The van der Waals surface area contributed by atoms with Crippen molar-refractivity contribution in [3.63, 3.8) is 0 Å². The van der Waals surface area contributed by atoms with Crippen molar-refractivity contribution >= 4 is 0 Å². The van der Waals surface area contributed by atoms with Crippen LogP contribution >= 0.6 is 0 Å². The smallest absolute Gasteiger partial charge is 0.111 e. The van der Waals surface area contributed by atoms with Gasteiger partial charge in [0.15, 0.2) is 0 Å². The lowest BCUT2D eigenvalue weighted by Gasteiger charge is -2.39. The van der Waals surface area contributed by atoms with E-state index in [-0.39, 0.29) is 0 Å². The average molecular weight is 252 g/mol. The van der Waals surface area contributed by atoms with E-state index in [1.165, 1.54) is 25.7 Å². The summed E-state index contributed by atoms with van der Waals surface area (Å²) in [5, 5.41) is 0. The maximum atomic E-state index is 14.4. The largest absolute Gasteiger partial charge is 0.244 e. The Labute approximate surface area is 112 Å². The lowest BCUT2D eigenvalue weighted by atomic mass is 9.68. The van der Waals surface area contributed by atoms with Crippen LogP contribution in [0.5, 0.6) is 0 Å². The molecule has 0 bridgehead atoms. The molecule has 0 spiro atoms. The zero-order chi connectivity index (χ0) is 13.0. The predicted octanol–water partition coefficient (Wildman–Crippen LogP) is 5.68. The molecule has 0 N–H and O–H groups in total. The quantitative estimate of drug-likeness (QED) is 0.565. The summed E-state index contributed by atoms with van der Waals surface area (Å²) in [6, 6.07) is 0. The molecule has 2 aliphatic rings. The van der Waals surface area contributed by atoms with E-state index in [9.17, 15) is 4.39 Å². The minimum Gasteiger partial charge on any atom is -0.244 e. The van der Waals surface area contributed by atoms with Crippen LogP contribution in [-0.4, -0.2) is 5.67 Å². The molecule has 0 aromatic rings. The predicted molar refractivity (Wildman–Crippen MR) is 76.4 cm³/mol. The molecule has 0 aromatic carbocycles. The van der Waals surface area contributed by atoms with E-state index in [0.717, 1.165) is 56.3 Å². The minimum absolute atomic E-state index is 0.755. The van der Waals surface area contributed by atoms with E-state index in [1.54, 1.807) is 0 Å². The van der Waals surface area contributed by atoms with Crippen molar-refractivity contribution in [3.05, 3.63) is 12.7 Å². The van der Waals surface area contributed by atoms with Gasteiger partial charge in [-0.25, -0.2) is 4.39 Å². The van der Waals surface area contributed by atoms with Gasteiger partial charge < -0.3 is 0 Å². The molecule has 2 saturated carbocycles. The Kier molecular flexibility index (Phi) is 4.86. The zero-order valence-electron chi connectivity index (χ0n) is 12.0. The van der Waals surface area contributed by atoms with E-state index >= 15 is 0 Å². The summed E-state index contributed by atoms with van der Waals surface area (Å²) in [6.07, 6.45) is 13.2. The molecule has 104 valence electrons. The maximum absolute atomic E-state index is 14.4. The number of allylic oxidation sites excluding steroid dienone is 1. The fraction of sp³-hybridized carbons (Fsp3) is 0.882. The van der Waals surface area contributed by atoms with Crippen LogP contribution in [0.4, 0.5) is 4.39 Å². The molecule has 0 saturated heterocycles. The van der Waals surface area contributed by atoms with Gasteiger partial charge in [0.05, 0.1) is 0 Å². The molecule has 2 aliphatic carbocycles. The number of hydrogen-bond acceptors (Lipinski definition) is 0. The summed E-state index contributed by atoms with van der Waals surface area (Å²) in [7, 11) is 0. The topological polar surface area (TPSA) is 0 Å². The van der Waals surface area contributed by atoms with Crippen molar-refractivity contribution in [3.8, 4) is 0 Å². The summed E-state index contributed by atoms with van der Waals surface area (Å²) >= 11 is 0. The highest BCUT2D eigenvalue weighted by Gasteiger charge is 2.37. The second-order valence-electron chi connectivity index (χ2n) is 6.65. The highest BCUT2D eigenvalue weighted by Crippen LogP contribution is 2.45. The van der Waals surface area contributed by atoms with Crippen molar-refractivity contribution < 1.29 is 4.39 Å². The van der Waals surface area contributed by atoms with Gasteiger partial charge in [0, 0.05) is 0 Å². The molecular weight excluding hydrogens is 223 g/mol. The summed E-state index contributed by atoms with van der Waals surface area (Å²) in [5.74, 6) is 2.45. The summed E-state index contributed by atoms with van der Waals surface area (Å²) < 4.78 is 14.4. The number of alkyl halides is 1. The summed E-state index contributed by atoms with van der Waals surface area (Å²) in [6.45, 7) is 6.01. The van der Waals surface area contributed by atoms with Gasteiger partial charge in [0.1, 0.15) is 5.67 Å². The second kappa shape index (κ2) is 6.21. The molecule has 2 fully saturated rings. The van der Waals surface area contributed by atoms with Crippen LogP contribution in [0.15, 0.2) is 12.7 Å². The van der Waals surface area contributed by atoms with Crippen LogP contribution in [0.1, 0.15) is 71.1 Å². The first-order valence-corrected chi connectivity index (χ1v) is 7.98. The van der Waals surface area contributed by atoms with Crippen LogP contribution in [0.2, 0.25) is 0 Å². The third-order valence-corrected chi connectivity index (χ3v) is 5.44. The van der Waals surface area contributed by atoms with Crippen molar-refractivity contribution in [2.75, 3.05) is 0 Å². The van der Waals surface area contributed by atoms with E-state index in [0.29, 0.717) is 0 Å². The fourth-order valence-electron chi connectivity index (χ4n) is 4.18. The molecule has 0 aliphatic heterocycles. The Morgan fingerprint density at radius 3 is 2.11 bits per heavy atom. The van der Waals surface area contributed by atoms with Gasteiger partial charge in [-0.05, 0) is 75.5 Å². The van der Waals surface area contributed by atoms with E-state index < -0.39 is 5.67 Å². The molecule has 0 radical (unpaired) electrons. The van der Waals surface area contributed by atoms with E-state index in [1.807, 2.05) is 0 Å². The summed E-state index contributed by atoms with van der Waals surface area (Å²) in [5.41, 5.74) is -0.816. The van der Waals surface area contributed by atoms with Gasteiger partial charge in [-0.1, -0.05) is 19.4 Å². The van der Waals surface area contributed by atoms with E-state index in [2.05, 4.69) is 19.6 Å². The molecule has 1 heteroatoms. The Morgan fingerprint density at radius 2 is 1.61 bits per heavy atom. The molecule has 0 heterocycles. The average Bonchev–Trinajstić information content (AvgIpc) is 2.40. The first-order valence-electron chi connectivity index (χ1n) is 7.98. The molecular formula is C17H29F. The van der Waals surface area contributed by atoms with Crippen LogP contribution < -0.4 is 0 Å². The molecule has 0 nitrogen and oxygen atoms in total. The van der Waals surface area contributed by atoms with Gasteiger partial charge in [0.25, 0.3) is 0 Å². The first-order chi connectivity index (χ1) is 8.67. The van der Waals surface area contributed by atoms with Crippen molar-refractivity contribution in [2.45, 2.75) is 76.8 Å². The Balaban J connectivity index is 1.78. The highest BCUT2D eigenvalue weighted by molar-refractivity contribution is 4.91. The molecule has 0 aromatic heterocycles. The van der Waals surface area contributed by atoms with Crippen LogP contribution in [-0.2, 0) is 0 Å². The standard InChI is InChI=1S/C17H29F/c1-3-11-17(18)12-9-16(10-13-17)15-7-5-14(4-2)6-8-15/h4,14-16H,2-3,5-13H2,1H3. The lowest BCUT2D eigenvalue weighted by Crippen LogP contribution is -2.33. The molecule has 0 unspecified atom stereocenters. The molecule has 18 heavy (non-hydrogen) atoms. The van der Waals surface area contributed by atoms with Crippen molar-refractivity contribution in [1.82, 2.24) is 0 Å². The third-order valence-electron chi connectivity index (χ3n) is 5.44. The summed E-state index contributed by atoms with van der Waals surface area (Å²) in [4.78, 5) is 0. The van der Waals surface area contributed by atoms with Crippen LogP contribution in [0, 0.1) is 17.8 Å². The van der Waals surface area contributed by atoms with Gasteiger partial charge in [-0.2, -0.15) is 0 Å². The molecule has 2 rings (SSSR count). The minimum atomic E-state index is -0.816. The normalized spacial score (nSPS) is 41.6. The number of hydrogen-bond donors (Lipinski definition) is 0.